The molecule has 3 aromatic carbocycles. The number of amides is 2. The van der Waals surface area contributed by atoms with Gasteiger partial charge >= 0.3 is 0 Å². The van der Waals surface area contributed by atoms with Crippen LogP contribution in [0.2, 0.25) is 10.0 Å². The Hall–Kier alpha value is -2.82. The Morgan fingerprint density at radius 2 is 1.26 bits per heavy atom. The number of para-hydroxylation sites is 1. The number of carbonyl (C=O) groups excluding carboxylic acids is 2. The van der Waals surface area contributed by atoms with Crippen molar-refractivity contribution in [3.63, 3.8) is 0 Å². The lowest BCUT2D eigenvalue weighted by Gasteiger charge is -2.09. The summed E-state index contributed by atoms with van der Waals surface area (Å²) in [5.74, 6) is -0.542. The Balaban J connectivity index is 1.62. The van der Waals surface area contributed by atoms with E-state index in [0.717, 1.165) is 5.56 Å². The molecule has 0 atom stereocenters. The van der Waals surface area contributed by atoms with Crippen LogP contribution >= 0.6 is 23.2 Å². The minimum absolute atomic E-state index is 0.243. The van der Waals surface area contributed by atoms with Gasteiger partial charge < -0.3 is 10.6 Å². The minimum Gasteiger partial charge on any atom is -0.348 e. The summed E-state index contributed by atoms with van der Waals surface area (Å²) in [5, 5.41) is 6.61. The van der Waals surface area contributed by atoms with Gasteiger partial charge in [-0.05, 0) is 48.0 Å². The van der Waals surface area contributed by atoms with Gasteiger partial charge in [-0.3, -0.25) is 9.59 Å². The summed E-state index contributed by atoms with van der Waals surface area (Å²) in [6, 6.07) is 20.7. The van der Waals surface area contributed by atoms with Gasteiger partial charge in [0.2, 0.25) is 0 Å². The first-order valence-electron chi connectivity index (χ1n) is 8.22. The van der Waals surface area contributed by atoms with Gasteiger partial charge in [0.25, 0.3) is 11.8 Å². The Morgan fingerprint density at radius 1 is 0.704 bits per heavy atom. The molecule has 0 fully saturated rings. The van der Waals surface area contributed by atoms with E-state index >= 15 is 0 Å². The molecular formula is C21H16Cl2N2O2. The molecule has 0 unspecified atom stereocenters. The first kappa shape index (κ1) is 19.0. The van der Waals surface area contributed by atoms with Crippen molar-refractivity contribution in [3.8, 4) is 0 Å². The highest BCUT2D eigenvalue weighted by molar-refractivity contribution is 6.34. The molecule has 0 bridgehead atoms. The van der Waals surface area contributed by atoms with Gasteiger partial charge in [-0.25, -0.2) is 0 Å². The zero-order valence-electron chi connectivity index (χ0n) is 14.2. The van der Waals surface area contributed by atoms with Crippen LogP contribution in [0.5, 0.6) is 0 Å². The fraction of sp³-hybridized carbons (Fsp3) is 0.0476. The molecule has 0 saturated carbocycles. The van der Waals surface area contributed by atoms with Gasteiger partial charge in [0.15, 0.2) is 0 Å². The summed E-state index contributed by atoms with van der Waals surface area (Å²) < 4.78 is 0. The highest BCUT2D eigenvalue weighted by Gasteiger charge is 2.11. The average molecular weight is 399 g/mol. The second kappa shape index (κ2) is 8.71. The maximum absolute atomic E-state index is 12.3. The van der Waals surface area contributed by atoms with Gasteiger partial charge in [0.1, 0.15) is 0 Å². The van der Waals surface area contributed by atoms with Crippen LogP contribution in [0.3, 0.4) is 0 Å². The highest BCUT2D eigenvalue weighted by atomic mass is 35.5. The molecule has 3 aromatic rings. The lowest BCUT2D eigenvalue weighted by molar-refractivity contribution is 0.0949. The van der Waals surface area contributed by atoms with Crippen LogP contribution in [0.15, 0.2) is 72.8 Å². The van der Waals surface area contributed by atoms with Crippen molar-refractivity contribution < 1.29 is 9.59 Å². The van der Waals surface area contributed by atoms with Crippen LogP contribution < -0.4 is 10.6 Å². The summed E-state index contributed by atoms with van der Waals surface area (Å²) in [5.41, 5.74) is 2.25. The van der Waals surface area contributed by atoms with Crippen LogP contribution in [-0.2, 0) is 6.54 Å². The van der Waals surface area contributed by atoms with Crippen molar-refractivity contribution in [2.45, 2.75) is 6.54 Å². The predicted molar refractivity (Wildman–Crippen MR) is 108 cm³/mol. The van der Waals surface area contributed by atoms with Crippen molar-refractivity contribution in [1.29, 1.82) is 0 Å². The van der Waals surface area contributed by atoms with Crippen LogP contribution in [0.25, 0.3) is 0 Å². The van der Waals surface area contributed by atoms with E-state index in [1.54, 1.807) is 54.6 Å². The van der Waals surface area contributed by atoms with Crippen LogP contribution in [0.1, 0.15) is 26.3 Å². The van der Waals surface area contributed by atoms with Gasteiger partial charge in [0.05, 0.1) is 10.7 Å². The minimum atomic E-state index is -0.300. The number of nitrogens with one attached hydrogen (secondary N) is 2. The maximum atomic E-state index is 12.3. The zero-order valence-corrected chi connectivity index (χ0v) is 15.7. The summed E-state index contributed by atoms with van der Waals surface area (Å²) in [4.78, 5) is 24.6. The van der Waals surface area contributed by atoms with Gasteiger partial charge in [0, 0.05) is 22.7 Å². The van der Waals surface area contributed by atoms with E-state index in [4.69, 9.17) is 23.2 Å². The predicted octanol–water partition coefficient (Wildman–Crippen LogP) is 5.18. The summed E-state index contributed by atoms with van der Waals surface area (Å²) >= 11 is 12.1. The molecule has 0 aliphatic rings. The molecule has 4 nitrogen and oxygen atoms in total. The SMILES string of the molecule is O=C(NCc1ccccc1Cl)c1ccc(C(=O)Nc2ccccc2Cl)cc1. The van der Waals surface area contributed by atoms with Gasteiger partial charge in [-0.1, -0.05) is 53.5 Å². The van der Waals surface area contributed by atoms with E-state index < -0.39 is 0 Å². The first-order valence-corrected chi connectivity index (χ1v) is 8.98. The number of hydrogen-bond donors (Lipinski definition) is 2. The number of benzene rings is 3. The highest BCUT2D eigenvalue weighted by Crippen LogP contribution is 2.21. The van der Waals surface area contributed by atoms with Crippen molar-refractivity contribution in [2.75, 3.05) is 5.32 Å². The number of rotatable bonds is 5. The molecule has 0 saturated heterocycles. The molecule has 136 valence electrons. The van der Waals surface area contributed by atoms with E-state index in [2.05, 4.69) is 10.6 Å². The quantitative estimate of drug-likeness (QED) is 0.622. The van der Waals surface area contributed by atoms with E-state index in [1.165, 1.54) is 0 Å². The smallest absolute Gasteiger partial charge is 0.255 e. The largest absolute Gasteiger partial charge is 0.348 e. The van der Waals surface area contributed by atoms with Crippen LogP contribution in [0, 0.1) is 0 Å². The second-order valence-electron chi connectivity index (χ2n) is 5.79. The number of carbonyl (C=O) groups is 2. The Labute approximate surface area is 167 Å². The fourth-order valence-electron chi connectivity index (χ4n) is 2.45. The summed E-state index contributed by atoms with van der Waals surface area (Å²) in [6.45, 7) is 0.327. The number of halogens is 2. The van der Waals surface area contributed by atoms with Crippen molar-refractivity contribution >= 4 is 40.7 Å². The lowest BCUT2D eigenvalue weighted by atomic mass is 10.1. The monoisotopic (exact) mass is 398 g/mol. The van der Waals surface area contributed by atoms with Gasteiger partial charge in [-0.15, -0.1) is 0 Å². The standard InChI is InChI=1S/C21H16Cl2N2O2/c22-17-6-2-1-5-16(17)13-24-20(26)14-9-11-15(12-10-14)21(27)25-19-8-4-3-7-18(19)23/h1-12H,13H2,(H,24,26)(H,25,27). The van der Waals surface area contributed by atoms with Crippen molar-refractivity contribution in [3.05, 3.63) is 99.5 Å². The molecule has 0 aliphatic carbocycles. The molecule has 0 spiro atoms. The Kier molecular flexibility index (Phi) is 6.12. The molecule has 3 rings (SSSR count). The third-order valence-electron chi connectivity index (χ3n) is 3.93. The summed E-state index contributed by atoms with van der Waals surface area (Å²) in [6.07, 6.45) is 0. The molecule has 0 heterocycles. The second-order valence-corrected chi connectivity index (χ2v) is 6.60. The molecule has 2 amide bonds. The fourth-order valence-corrected chi connectivity index (χ4v) is 2.83. The Morgan fingerprint density at radius 3 is 1.89 bits per heavy atom. The maximum Gasteiger partial charge on any atom is 0.255 e. The zero-order chi connectivity index (χ0) is 19.2. The topological polar surface area (TPSA) is 58.2 Å². The first-order chi connectivity index (χ1) is 13.0. The molecule has 2 N–H and O–H groups in total. The van der Waals surface area contributed by atoms with E-state index in [0.29, 0.717) is 33.4 Å². The van der Waals surface area contributed by atoms with E-state index in [-0.39, 0.29) is 11.8 Å². The molecule has 0 aromatic heterocycles. The normalized spacial score (nSPS) is 10.3. The molecule has 0 aliphatic heterocycles. The van der Waals surface area contributed by atoms with Crippen molar-refractivity contribution in [1.82, 2.24) is 5.32 Å². The molecule has 27 heavy (non-hydrogen) atoms. The number of anilines is 1. The van der Waals surface area contributed by atoms with Crippen LogP contribution in [-0.4, -0.2) is 11.8 Å². The molecular weight excluding hydrogens is 383 g/mol. The van der Waals surface area contributed by atoms with E-state index in [1.807, 2.05) is 18.2 Å². The Bertz CT molecular complexity index is 972. The number of hydrogen-bond acceptors (Lipinski definition) is 2. The lowest BCUT2D eigenvalue weighted by Crippen LogP contribution is -2.23. The average Bonchev–Trinajstić information content (AvgIpc) is 2.69. The third-order valence-corrected chi connectivity index (χ3v) is 4.63. The van der Waals surface area contributed by atoms with Crippen molar-refractivity contribution in [2.24, 2.45) is 0 Å². The van der Waals surface area contributed by atoms with Crippen LogP contribution in [0.4, 0.5) is 5.69 Å². The van der Waals surface area contributed by atoms with Gasteiger partial charge in [-0.2, -0.15) is 0 Å². The third kappa shape index (κ3) is 4.88. The summed E-state index contributed by atoms with van der Waals surface area (Å²) in [7, 11) is 0. The molecule has 0 radical (unpaired) electrons. The van der Waals surface area contributed by atoms with E-state index in [9.17, 15) is 9.59 Å². The molecule has 6 heteroatoms.